The minimum Gasteiger partial charge on any atom is -0.394 e. The number of carbonyl (C=O) groups is 1. The minimum absolute atomic E-state index is 0.0714. The van der Waals surface area contributed by atoms with E-state index in [0.717, 1.165) is 60.3 Å². The van der Waals surface area contributed by atoms with Crippen LogP contribution in [0.15, 0.2) is 15.5 Å². The molecule has 2 aromatic heterocycles. The van der Waals surface area contributed by atoms with Gasteiger partial charge in [-0.15, -0.1) is 4.36 Å². The number of nitrogens with zero attached hydrogens (tertiary/aromatic N) is 4. The van der Waals surface area contributed by atoms with E-state index in [1.54, 1.807) is 13.8 Å². The molecule has 0 aromatic carbocycles. The standard InChI is InChI=1S/C22H32N6O4S/c1-21(2)9-8-15-18(14-6-5-7-16(14)24-19(15)21)25-20(31)27-33(23,32)17-10-13(11-29)28(26-17)22(3,4)12-30/h10,29-30H,5-9,11-12H2,1-4H3,(H3,23,24,25,27,31,32). The molecule has 2 heterocycles. The Hall–Kier alpha value is -2.34. The highest BCUT2D eigenvalue weighted by Gasteiger charge is 2.36. The van der Waals surface area contributed by atoms with Gasteiger partial charge in [0, 0.05) is 17.2 Å². The molecule has 2 aliphatic rings. The first-order valence-corrected chi connectivity index (χ1v) is 12.7. The average molecular weight is 477 g/mol. The van der Waals surface area contributed by atoms with Gasteiger partial charge < -0.3 is 15.5 Å². The Morgan fingerprint density at radius 2 is 2.03 bits per heavy atom. The number of pyridine rings is 1. The van der Waals surface area contributed by atoms with Crippen molar-refractivity contribution in [2.24, 2.45) is 9.50 Å². The zero-order valence-electron chi connectivity index (χ0n) is 19.5. The van der Waals surface area contributed by atoms with Crippen LogP contribution in [0.1, 0.15) is 68.7 Å². The highest BCUT2D eigenvalue weighted by atomic mass is 32.2. The maximum atomic E-state index is 13.2. The number of nitrogens with two attached hydrogens (primary N) is 1. The van der Waals surface area contributed by atoms with E-state index in [1.165, 1.54) is 10.7 Å². The van der Waals surface area contributed by atoms with Crippen LogP contribution in [0.5, 0.6) is 0 Å². The number of aliphatic hydroxyl groups is 2. The molecule has 0 radical (unpaired) electrons. The van der Waals surface area contributed by atoms with E-state index >= 15 is 0 Å². The second-order valence-corrected chi connectivity index (χ2v) is 11.8. The topological polar surface area (TPSA) is 156 Å². The molecule has 2 aromatic rings. The fourth-order valence-electron chi connectivity index (χ4n) is 4.68. The predicted molar refractivity (Wildman–Crippen MR) is 124 cm³/mol. The van der Waals surface area contributed by atoms with Gasteiger partial charge in [-0.05, 0) is 57.1 Å². The average Bonchev–Trinajstić information content (AvgIpc) is 3.45. The van der Waals surface area contributed by atoms with E-state index in [9.17, 15) is 19.2 Å². The fourth-order valence-corrected chi connectivity index (χ4v) is 5.56. The summed E-state index contributed by atoms with van der Waals surface area (Å²) >= 11 is 0. The summed E-state index contributed by atoms with van der Waals surface area (Å²) in [6, 6.07) is 0.539. The van der Waals surface area contributed by atoms with Gasteiger partial charge in [0.15, 0.2) is 14.9 Å². The van der Waals surface area contributed by atoms with Gasteiger partial charge in [-0.1, -0.05) is 13.8 Å². The molecule has 0 aliphatic heterocycles. The number of rotatable bonds is 5. The summed E-state index contributed by atoms with van der Waals surface area (Å²) in [4.78, 5) is 17.8. The number of hydrogen-bond donors (Lipinski definition) is 4. The van der Waals surface area contributed by atoms with Crippen molar-refractivity contribution < 1.29 is 19.2 Å². The van der Waals surface area contributed by atoms with Crippen molar-refractivity contribution in [1.82, 2.24) is 14.8 Å². The molecule has 4 rings (SSSR count). The Kier molecular flexibility index (Phi) is 5.88. The smallest absolute Gasteiger partial charge is 0.354 e. The predicted octanol–water partition coefficient (Wildman–Crippen LogP) is 2.14. The van der Waals surface area contributed by atoms with Crippen LogP contribution in [-0.2, 0) is 46.7 Å². The summed E-state index contributed by atoms with van der Waals surface area (Å²) in [5, 5.41) is 32.2. The van der Waals surface area contributed by atoms with Gasteiger partial charge in [0.1, 0.15) is 0 Å². The molecule has 11 heteroatoms. The summed E-state index contributed by atoms with van der Waals surface area (Å²) in [5.74, 6) is 0. The molecular weight excluding hydrogens is 444 g/mol. The molecule has 1 atom stereocenters. The van der Waals surface area contributed by atoms with Gasteiger partial charge in [0.05, 0.1) is 35.8 Å². The molecule has 0 saturated carbocycles. The van der Waals surface area contributed by atoms with Crippen LogP contribution >= 0.6 is 0 Å². The number of hydrogen-bond acceptors (Lipinski definition) is 6. The molecule has 0 saturated heterocycles. The molecule has 2 aliphatic carbocycles. The van der Waals surface area contributed by atoms with Gasteiger partial charge >= 0.3 is 6.03 Å². The lowest BCUT2D eigenvalue weighted by atomic mass is 9.90. The van der Waals surface area contributed by atoms with Gasteiger partial charge in [-0.3, -0.25) is 9.67 Å². The van der Waals surface area contributed by atoms with Crippen molar-refractivity contribution >= 4 is 21.6 Å². The lowest BCUT2D eigenvalue weighted by molar-refractivity contribution is 0.140. The zero-order valence-corrected chi connectivity index (χ0v) is 20.3. The summed E-state index contributed by atoms with van der Waals surface area (Å²) in [6.45, 7) is 7.05. The van der Waals surface area contributed by atoms with Gasteiger partial charge in [-0.2, -0.15) is 5.10 Å². The highest BCUT2D eigenvalue weighted by molar-refractivity contribution is 7.91. The van der Waals surface area contributed by atoms with Crippen molar-refractivity contribution in [2.75, 3.05) is 11.9 Å². The third kappa shape index (κ3) is 4.18. The van der Waals surface area contributed by atoms with Crippen molar-refractivity contribution in [1.29, 1.82) is 0 Å². The quantitative estimate of drug-likeness (QED) is 0.518. The monoisotopic (exact) mass is 476 g/mol. The van der Waals surface area contributed by atoms with Crippen LogP contribution in [-0.4, -0.2) is 41.8 Å². The molecule has 2 amide bonds. The van der Waals surface area contributed by atoms with Gasteiger partial charge in [0.25, 0.3) is 0 Å². The third-order valence-corrected chi connectivity index (χ3v) is 7.83. The first-order chi connectivity index (χ1) is 15.4. The van der Waals surface area contributed by atoms with Crippen LogP contribution in [0.25, 0.3) is 0 Å². The third-order valence-electron chi connectivity index (χ3n) is 6.60. The normalized spacial score (nSPS) is 18.5. The lowest BCUT2D eigenvalue weighted by Gasteiger charge is -2.24. The first kappa shape index (κ1) is 23.8. The van der Waals surface area contributed by atoms with E-state index in [1.807, 2.05) is 0 Å². The number of nitrogens with one attached hydrogen (secondary N) is 1. The lowest BCUT2D eigenvalue weighted by Crippen LogP contribution is -2.33. The van der Waals surface area contributed by atoms with E-state index in [2.05, 4.69) is 28.6 Å². The Morgan fingerprint density at radius 3 is 2.70 bits per heavy atom. The van der Waals surface area contributed by atoms with Crippen molar-refractivity contribution in [3.63, 3.8) is 0 Å². The van der Waals surface area contributed by atoms with Crippen LogP contribution in [0, 0.1) is 0 Å². The number of aromatic nitrogens is 3. The van der Waals surface area contributed by atoms with Crippen LogP contribution in [0.2, 0.25) is 0 Å². The summed E-state index contributed by atoms with van der Waals surface area (Å²) in [7, 11) is -3.69. The van der Waals surface area contributed by atoms with Gasteiger partial charge in [0.2, 0.25) is 0 Å². The second-order valence-electron chi connectivity index (χ2n) is 10.1. The maximum Gasteiger partial charge on any atom is 0.354 e. The molecule has 0 fully saturated rings. The van der Waals surface area contributed by atoms with E-state index in [4.69, 9.17) is 10.1 Å². The molecule has 10 nitrogen and oxygen atoms in total. The van der Waals surface area contributed by atoms with Crippen molar-refractivity contribution in [2.45, 2.75) is 82.4 Å². The van der Waals surface area contributed by atoms with E-state index in [0.29, 0.717) is 5.69 Å². The molecule has 0 spiro atoms. The largest absolute Gasteiger partial charge is 0.394 e. The summed E-state index contributed by atoms with van der Waals surface area (Å²) in [6.07, 6.45) is 4.41. The number of aliphatic hydroxyl groups excluding tert-OH is 2. The zero-order chi connectivity index (χ0) is 24.2. The van der Waals surface area contributed by atoms with Gasteiger partial charge in [-0.25, -0.2) is 14.1 Å². The summed E-state index contributed by atoms with van der Waals surface area (Å²) < 4.78 is 18.3. The van der Waals surface area contributed by atoms with E-state index in [-0.39, 0.29) is 17.0 Å². The van der Waals surface area contributed by atoms with Crippen molar-refractivity contribution in [3.05, 3.63) is 34.3 Å². The number of fused-ring (bicyclic) bond motifs is 2. The highest BCUT2D eigenvalue weighted by Crippen LogP contribution is 2.44. The number of urea groups is 1. The molecule has 0 bridgehead atoms. The Morgan fingerprint density at radius 1 is 1.30 bits per heavy atom. The van der Waals surface area contributed by atoms with Crippen LogP contribution < -0.4 is 10.5 Å². The molecule has 5 N–H and O–H groups in total. The maximum absolute atomic E-state index is 13.2. The number of amides is 2. The minimum atomic E-state index is -3.69. The Balaban J connectivity index is 1.70. The van der Waals surface area contributed by atoms with Crippen molar-refractivity contribution in [3.8, 4) is 0 Å². The molecule has 33 heavy (non-hydrogen) atoms. The summed E-state index contributed by atoms with van der Waals surface area (Å²) in [5.41, 5.74) is 4.15. The molecule has 1 unspecified atom stereocenters. The second kappa shape index (κ2) is 8.15. The number of aryl methyl sites for hydroxylation is 1. The Bertz CT molecular complexity index is 1240. The Labute approximate surface area is 193 Å². The molecule has 180 valence electrons. The van der Waals surface area contributed by atoms with E-state index < -0.39 is 28.1 Å². The number of anilines is 1. The fraction of sp³-hybridized carbons (Fsp3) is 0.591. The molecular formula is C22H32N6O4S. The van der Waals surface area contributed by atoms with Crippen LogP contribution in [0.3, 0.4) is 0 Å². The number of carbonyl (C=O) groups excluding carboxylic acids is 1. The first-order valence-electron chi connectivity index (χ1n) is 11.1. The SMILES string of the molecule is CC1(C)CCc2c1nc1c(c2NC(=O)N=S(N)(=O)c2cc(CO)n(C(C)(C)CO)n2)CCC1. The van der Waals surface area contributed by atoms with Crippen LogP contribution in [0.4, 0.5) is 10.5 Å².